The maximum atomic E-state index is 11.1. The van der Waals surface area contributed by atoms with Gasteiger partial charge in [0.1, 0.15) is 0 Å². The van der Waals surface area contributed by atoms with Crippen LogP contribution in [0.3, 0.4) is 0 Å². The summed E-state index contributed by atoms with van der Waals surface area (Å²) in [6, 6.07) is 0. The summed E-state index contributed by atoms with van der Waals surface area (Å²) in [6.07, 6.45) is 6.41. The molecule has 0 aliphatic rings. The number of ether oxygens (including phenoxy) is 1. The summed E-state index contributed by atoms with van der Waals surface area (Å²) in [5.41, 5.74) is 0. The van der Waals surface area contributed by atoms with Gasteiger partial charge in [-0.1, -0.05) is 39.5 Å². The molecule has 0 fully saturated rings. The molecule has 0 bridgehead atoms. The van der Waals surface area contributed by atoms with Crippen molar-refractivity contribution in [2.75, 3.05) is 6.61 Å². The molecule has 1 atom stereocenters. The standard InChI is InChI=1S/C12H23O2/c1-4-5-6-7-8-9-12(13)14-10-11(2)3/h11H,2,4-10H2,1,3H3. The van der Waals surface area contributed by atoms with Crippen molar-refractivity contribution in [1.29, 1.82) is 0 Å². The van der Waals surface area contributed by atoms with E-state index in [4.69, 9.17) is 4.74 Å². The zero-order valence-corrected chi connectivity index (χ0v) is 9.55. The summed E-state index contributed by atoms with van der Waals surface area (Å²) in [6.45, 7) is 8.33. The van der Waals surface area contributed by atoms with Crippen LogP contribution in [-0.4, -0.2) is 12.6 Å². The molecule has 2 nitrogen and oxygen atoms in total. The minimum absolute atomic E-state index is 0.0722. The predicted molar refractivity (Wildman–Crippen MR) is 58.9 cm³/mol. The second-order valence-corrected chi connectivity index (χ2v) is 3.95. The number of unbranched alkanes of at least 4 members (excludes halogenated alkanes) is 4. The summed E-state index contributed by atoms with van der Waals surface area (Å²) in [5.74, 6) is 0.121. The number of esters is 1. The molecular formula is C12H23O2. The van der Waals surface area contributed by atoms with Crippen molar-refractivity contribution in [3.63, 3.8) is 0 Å². The number of rotatable bonds is 8. The molecule has 0 heterocycles. The van der Waals surface area contributed by atoms with Gasteiger partial charge in [0.2, 0.25) is 0 Å². The largest absolute Gasteiger partial charge is 0.465 e. The van der Waals surface area contributed by atoms with Crippen LogP contribution in [0.15, 0.2) is 0 Å². The predicted octanol–water partition coefficient (Wildman–Crippen LogP) is 3.36. The van der Waals surface area contributed by atoms with Gasteiger partial charge >= 0.3 is 5.97 Å². The first-order valence-corrected chi connectivity index (χ1v) is 5.65. The third-order valence-electron chi connectivity index (χ3n) is 2.01. The minimum Gasteiger partial charge on any atom is -0.465 e. The first-order chi connectivity index (χ1) is 6.66. The van der Waals surface area contributed by atoms with Gasteiger partial charge in [-0.25, -0.2) is 0 Å². The third-order valence-corrected chi connectivity index (χ3v) is 2.01. The van der Waals surface area contributed by atoms with E-state index in [1.807, 2.05) is 6.92 Å². The van der Waals surface area contributed by atoms with E-state index in [0.29, 0.717) is 13.0 Å². The van der Waals surface area contributed by atoms with Crippen LogP contribution in [0.4, 0.5) is 0 Å². The number of carbonyl (C=O) groups excluding carboxylic acids is 1. The van der Waals surface area contributed by atoms with Crippen LogP contribution in [0.2, 0.25) is 0 Å². The Morgan fingerprint density at radius 2 is 1.93 bits per heavy atom. The zero-order valence-electron chi connectivity index (χ0n) is 9.55. The lowest BCUT2D eigenvalue weighted by atomic mass is 10.1. The first-order valence-electron chi connectivity index (χ1n) is 5.65. The normalized spacial score (nSPS) is 10.6. The SMILES string of the molecule is [CH2]C(C)COC(=O)CCCCCCC. The zero-order chi connectivity index (χ0) is 10.8. The van der Waals surface area contributed by atoms with Crippen LogP contribution in [0.1, 0.15) is 52.4 Å². The average Bonchev–Trinajstić information content (AvgIpc) is 2.14. The molecule has 2 heteroatoms. The summed E-state index contributed by atoms with van der Waals surface area (Å²) >= 11 is 0. The van der Waals surface area contributed by atoms with Gasteiger partial charge in [-0.05, 0) is 19.3 Å². The third kappa shape index (κ3) is 9.56. The van der Waals surface area contributed by atoms with Gasteiger partial charge in [0.15, 0.2) is 0 Å². The van der Waals surface area contributed by atoms with Crippen molar-refractivity contribution in [2.45, 2.75) is 52.4 Å². The van der Waals surface area contributed by atoms with Gasteiger partial charge in [-0.15, -0.1) is 0 Å². The number of hydrogen-bond donors (Lipinski definition) is 0. The van der Waals surface area contributed by atoms with E-state index in [1.165, 1.54) is 19.3 Å². The minimum atomic E-state index is -0.0722. The maximum Gasteiger partial charge on any atom is 0.305 e. The fourth-order valence-electron chi connectivity index (χ4n) is 1.18. The lowest BCUT2D eigenvalue weighted by Gasteiger charge is -2.06. The van der Waals surface area contributed by atoms with Crippen molar-refractivity contribution >= 4 is 5.97 Å². The molecule has 14 heavy (non-hydrogen) atoms. The highest BCUT2D eigenvalue weighted by Crippen LogP contribution is 2.06. The lowest BCUT2D eigenvalue weighted by Crippen LogP contribution is -2.09. The van der Waals surface area contributed by atoms with Crippen molar-refractivity contribution < 1.29 is 9.53 Å². The van der Waals surface area contributed by atoms with E-state index in [2.05, 4.69) is 13.8 Å². The van der Waals surface area contributed by atoms with E-state index >= 15 is 0 Å². The van der Waals surface area contributed by atoms with Crippen LogP contribution in [0.25, 0.3) is 0 Å². The Bertz CT molecular complexity index is 141. The first kappa shape index (κ1) is 13.5. The van der Waals surface area contributed by atoms with Gasteiger partial charge in [-0.2, -0.15) is 0 Å². The lowest BCUT2D eigenvalue weighted by molar-refractivity contribution is -0.144. The van der Waals surface area contributed by atoms with Crippen LogP contribution in [0, 0.1) is 12.8 Å². The molecule has 0 aromatic carbocycles. The highest BCUT2D eigenvalue weighted by atomic mass is 16.5. The van der Waals surface area contributed by atoms with Crippen LogP contribution in [-0.2, 0) is 9.53 Å². The molecule has 0 saturated heterocycles. The van der Waals surface area contributed by atoms with Gasteiger partial charge in [0.05, 0.1) is 6.61 Å². The Balaban J connectivity index is 3.18. The molecule has 1 unspecified atom stereocenters. The Morgan fingerprint density at radius 3 is 2.50 bits per heavy atom. The van der Waals surface area contributed by atoms with Gasteiger partial charge in [0.25, 0.3) is 0 Å². The molecule has 0 amide bonds. The van der Waals surface area contributed by atoms with Gasteiger partial charge in [-0.3, -0.25) is 4.79 Å². The molecule has 0 saturated carbocycles. The second-order valence-electron chi connectivity index (χ2n) is 3.95. The molecule has 0 aliphatic carbocycles. The highest BCUT2D eigenvalue weighted by molar-refractivity contribution is 5.69. The van der Waals surface area contributed by atoms with E-state index in [9.17, 15) is 4.79 Å². The molecular weight excluding hydrogens is 176 g/mol. The van der Waals surface area contributed by atoms with Gasteiger partial charge < -0.3 is 4.74 Å². The second kappa shape index (κ2) is 9.04. The van der Waals surface area contributed by atoms with E-state index in [0.717, 1.165) is 12.8 Å². The van der Waals surface area contributed by atoms with Crippen LogP contribution in [0.5, 0.6) is 0 Å². The summed E-state index contributed by atoms with van der Waals surface area (Å²) < 4.78 is 5.01. The molecule has 1 radical (unpaired) electrons. The molecule has 0 spiro atoms. The Labute approximate surface area is 88.0 Å². The quantitative estimate of drug-likeness (QED) is 0.442. The summed E-state index contributed by atoms with van der Waals surface area (Å²) in [7, 11) is 0. The van der Waals surface area contributed by atoms with Crippen LogP contribution >= 0.6 is 0 Å². The average molecular weight is 199 g/mol. The van der Waals surface area contributed by atoms with Crippen LogP contribution < -0.4 is 0 Å². The molecule has 0 aliphatic heterocycles. The van der Waals surface area contributed by atoms with Crippen molar-refractivity contribution in [3.05, 3.63) is 6.92 Å². The fraction of sp³-hybridized carbons (Fsp3) is 0.833. The highest BCUT2D eigenvalue weighted by Gasteiger charge is 2.03. The Hall–Kier alpha value is -0.530. The molecule has 83 valence electrons. The number of hydrogen-bond acceptors (Lipinski definition) is 2. The Kier molecular flexibility index (Phi) is 8.70. The van der Waals surface area contributed by atoms with E-state index < -0.39 is 0 Å². The fourth-order valence-corrected chi connectivity index (χ4v) is 1.18. The van der Waals surface area contributed by atoms with E-state index in [-0.39, 0.29) is 11.9 Å². The molecule has 0 aromatic rings. The smallest absolute Gasteiger partial charge is 0.305 e. The molecule has 0 rings (SSSR count). The molecule has 0 N–H and O–H groups in total. The van der Waals surface area contributed by atoms with Crippen molar-refractivity contribution in [2.24, 2.45) is 5.92 Å². The summed E-state index contributed by atoms with van der Waals surface area (Å²) in [4.78, 5) is 11.1. The topological polar surface area (TPSA) is 26.3 Å². The van der Waals surface area contributed by atoms with E-state index in [1.54, 1.807) is 0 Å². The van der Waals surface area contributed by atoms with Crippen molar-refractivity contribution in [1.82, 2.24) is 0 Å². The molecule has 0 aromatic heterocycles. The maximum absolute atomic E-state index is 11.1. The monoisotopic (exact) mass is 199 g/mol. The van der Waals surface area contributed by atoms with Crippen molar-refractivity contribution in [3.8, 4) is 0 Å². The summed E-state index contributed by atoms with van der Waals surface area (Å²) in [5, 5.41) is 0. The Morgan fingerprint density at radius 1 is 1.29 bits per heavy atom. The number of carbonyl (C=O) groups is 1. The van der Waals surface area contributed by atoms with Gasteiger partial charge in [0, 0.05) is 6.42 Å².